The summed E-state index contributed by atoms with van der Waals surface area (Å²) < 4.78 is 5.45. The molecule has 3 rings (SSSR count). The predicted molar refractivity (Wildman–Crippen MR) is 93.6 cm³/mol. The van der Waals surface area contributed by atoms with E-state index >= 15 is 0 Å². The third kappa shape index (κ3) is 4.14. The number of hydrogen-bond acceptors (Lipinski definition) is 4. The van der Waals surface area contributed by atoms with Gasteiger partial charge in [0, 0.05) is 38.7 Å². The highest BCUT2D eigenvalue weighted by molar-refractivity contribution is 5.83. The summed E-state index contributed by atoms with van der Waals surface area (Å²) in [5.41, 5.74) is 1.02. The Hall–Kier alpha value is -1.46. The van der Waals surface area contributed by atoms with Crippen LogP contribution in [0.15, 0.2) is 24.5 Å². The van der Waals surface area contributed by atoms with E-state index in [1.807, 2.05) is 23.2 Å². The second kappa shape index (κ2) is 8.58. The van der Waals surface area contributed by atoms with Gasteiger partial charge in [-0.3, -0.25) is 14.7 Å². The number of amides is 1. The number of pyridine rings is 1. The van der Waals surface area contributed by atoms with Gasteiger partial charge in [0.25, 0.3) is 0 Å². The van der Waals surface area contributed by atoms with E-state index in [2.05, 4.69) is 16.8 Å². The van der Waals surface area contributed by atoms with Crippen LogP contribution in [0, 0.1) is 5.92 Å². The molecule has 0 aromatic carbocycles. The lowest BCUT2D eigenvalue weighted by atomic mass is 9.98. The van der Waals surface area contributed by atoms with E-state index in [9.17, 15) is 4.79 Å². The van der Waals surface area contributed by atoms with Crippen LogP contribution in [0.3, 0.4) is 0 Å². The summed E-state index contributed by atoms with van der Waals surface area (Å²) in [5.74, 6) is 0.801. The van der Waals surface area contributed by atoms with E-state index in [0.29, 0.717) is 5.92 Å². The van der Waals surface area contributed by atoms with E-state index in [-0.39, 0.29) is 11.9 Å². The first-order valence-electron chi connectivity index (χ1n) is 9.30. The minimum Gasteiger partial charge on any atom is -0.381 e. The molecule has 3 heterocycles. The summed E-state index contributed by atoms with van der Waals surface area (Å²) in [6, 6.07) is 3.79. The van der Waals surface area contributed by atoms with E-state index in [1.165, 1.54) is 12.8 Å². The smallest absolute Gasteiger partial charge is 0.244 e. The molecule has 132 valence electrons. The summed E-state index contributed by atoms with van der Waals surface area (Å²) in [4.78, 5) is 22.0. The largest absolute Gasteiger partial charge is 0.381 e. The summed E-state index contributed by atoms with van der Waals surface area (Å²) in [5, 5.41) is 0. The van der Waals surface area contributed by atoms with Crippen molar-refractivity contribution in [2.24, 2.45) is 5.92 Å². The molecular weight excluding hydrogens is 302 g/mol. The summed E-state index contributed by atoms with van der Waals surface area (Å²) in [7, 11) is 0. The van der Waals surface area contributed by atoms with Crippen LogP contribution >= 0.6 is 0 Å². The maximum Gasteiger partial charge on any atom is 0.244 e. The molecule has 1 aromatic rings. The van der Waals surface area contributed by atoms with Crippen molar-refractivity contribution < 1.29 is 9.53 Å². The first-order valence-corrected chi connectivity index (χ1v) is 9.30. The molecule has 0 unspecified atom stereocenters. The number of carbonyl (C=O) groups is 1. The number of ether oxygens (including phenoxy) is 1. The lowest BCUT2D eigenvalue weighted by molar-refractivity contribution is -0.138. The molecule has 1 amide bonds. The van der Waals surface area contributed by atoms with E-state index in [4.69, 9.17) is 4.74 Å². The number of aromatic nitrogens is 1. The Bertz CT molecular complexity index is 511. The zero-order chi connectivity index (χ0) is 16.8. The summed E-state index contributed by atoms with van der Waals surface area (Å²) in [6.07, 6.45) is 8.10. The van der Waals surface area contributed by atoms with Crippen LogP contribution in [-0.2, 0) is 9.53 Å². The van der Waals surface area contributed by atoms with Crippen molar-refractivity contribution in [2.45, 2.75) is 38.6 Å². The van der Waals surface area contributed by atoms with Gasteiger partial charge < -0.3 is 9.64 Å². The number of rotatable bonds is 6. The molecule has 2 aliphatic heterocycles. The Morgan fingerprint density at radius 2 is 2.12 bits per heavy atom. The van der Waals surface area contributed by atoms with Gasteiger partial charge in [0.2, 0.25) is 5.91 Å². The van der Waals surface area contributed by atoms with E-state index in [1.54, 1.807) is 6.20 Å². The maximum atomic E-state index is 13.4. The Kier molecular flexibility index (Phi) is 6.21. The molecule has 2 saturated heterocycles. The molecule has 5 heteroatoms. The van der Waals surface area contributed by atoms with Crippen molar-refractivity contribution in [1.82, 2.24) is 14.8 Å². The van der Waals surface area contributed by atoms with E-state index < -0.39 is 0 Å². The fraction of sp³-hybridized carbons (Fsp3) is 0.684. The second-order valence-corrected chi connectivity index (χ2v) is 6.86. The first kappa shape index (κ1) is 17.4. The first-order chi connectivity index (χ1) is 11.8. The molecular formula is C19H29N3O2. The third-order valence-corrected chi connectivity index (χ3v) is 5.25. The molecule has 2 aliphatic rings. The van der Waals surface area contributed by atoms with Crippen molar-refractivity contribution in [3.63, 3.8) is 0 Å². The lowest BCUT2D eigenvalue weighted by Gasteiger charge is -2.34. The Balaban J connectivity index is 1.75. The van der Waals surface area contributed by atoms with Gasteiger partial charge in [-0.25, -0.2) is 0 Å². The molecule has 5 nitrogen and oxygen atoms in total. The van der Waals surface area contributed by atoms with Crippen molar-refractivity contribution in [3.05, 3.63) is 30.1 Å². The van der Waals surface area contributed by atoms with E-state index in [0.717, 1.165) is 57.8 Å². The topological polar surface area (TPSA) is 45.7 Å². The molecule has 0 radical (unpaired) electrons. The molecule has 2 fully saturated rings. The van der Waals surface area contributed by atoms with Gasteiger partial charge in [-0.15, -0.1) is 0 Å². The number of carbonyl (C=O) groups excluding carboxylic acids is 1. The highest BCUT2D eigenvalue weighted by Gasteiger charge is 2.33. The monoisotopic (exact) mass is 331 g/mol. The van der Waals surface area contributed by atoms with Crippen LogP contribution in [0.5, 0.6) is 0 Å². The fourth-order valence-corrected chi connectivity index (χ4v) is 3.84. The SMILES string of the molecule is CCN(CC1CCOCC1)C(=O)[C@H](c1cccnc1)N1CCCC1. The molecule has 0 N–H and O–H groups in total. The fourth-order valence-electron chi connectivity index (χ4n) is 3.84. The number of likely N-dealkylation sites (N-methyl/N-ethyl adjacent to an activating group) is 1. The molecule has 1 aromatic heterocycles. The van der Waals surface area contributed by atoms with Crippen LogP contribution < -0.4 is 0 Å². The van der Waals surface area contributed by atoms with Crippen LogP contribution in [0.2, 0.25) is 0 Å². The minimum absolute atomic E-state index is 0.180. The van der Waals surface area contributed by atoms with Crippen LogP contribution in [0.4, 0.5) is 0 Å². The lowest BCUT2D eigenvalue weighted by Crippen LogP contribution is -2.44. The molecule has 0 bridgehead atoms. The zero-order valence-corrected chi connectivity index (χ0v) is 14.7. The van der Waals surface area contributed by atoms with Gasteiger partial charge in [0.15, 0.2) is 0 Å². The molecule has 0 saturated carbocycles. The van der Waals surface area contributed by atoms with Gasteiger partial charge in [0.05, 0.1) is 0 Å². The summed E-state index contributed by atoms with van der Waals surface area (Å²) >= 11 is 0. The average Bonchev–Trinajstić information content (AvgIpc) is 3.16. The van der Waals surface area contributed by atoms with Crippen molar-refractivity contribution in [2.75, 3.05) is 39.4 Å². The van der Waals surface area contributed by atoms with Crippen molar-refractivity contribution in [1.29, 1.82) is 0 Å². The van der Waals surface area contributed by atoms with Gasteiger partial charge in [0.1, 0.15) is 6.04 Å². The average molecular weight is 331 g/mol. The maximum absolute atomic E-state index is 13.4. The van der Waals surface area contributed by atoms with Crippen LogP contribution in [-0.4, -0.2) is 60.1 Å². The van der Waals surface area contributed by atoms with Crippen molar-refractivity contribution >= 4 is 5.91 Å². The quantitative estimate of drug-likeness (QED) is 0.803. The highest BCUT2D eigenvalue weighted by atomic mass is 16.5. The van der Waals surface area contributed by atoms with Crippen LogP contribution in [0.25, 0.3) is 0 Å². The molecule has 1 atom stereocenters. The van der Waals surface area contributed by atoms with Gasteiger partial charge in [-0.05, 0) is 63.2 Å². The Labute approximate surface area is 145 Å². The van der Waals surface area contributed by atoms with Crippen LogP contribution in [0.1, 0.15) is 44.2 Å². The number of likely N-dealkylation sites (tertiary alicyclic amines) is 1. The molecule has 24 heavy (non-hydrogen) atoms. The number of hydrogen-bond donors (Lipinski definition) is 0. The van der Waals surface area contributed by atoms with Gasteiger partial charge in [-0.1, -0.05) is 6.07 Å². The normalized spacial score (nSPS) is 20.9. The second-order valence-electron chi connectivity index (χ2n) is 6.86. The van der Waals surface area contributed by atoms with Crippen molar-refractivity contribution in [3.8, 4) is 0 Å². The standard InChI is InChI=1S/C19H29N3O2/c1-2-21(15-16-7-12-24-13-8-16)19(23)18(22-10-3-4-11-22)17-6-5-9-20-14-17/h5-6,9,14,16,18H,2-4,7-8,10-13,15H2,1H3/t18-/m0/s1. The highest BCUT2D eigenvalue weighted by Crippen LogP contribution is 2.27. The molecule has 0 aliphatic carbocycles. The summed E-state index contributed by atoms with van der Waals surface area (Å²) in [6.45, 7) is 7.36. The Morgan fingerprint density at radius 3 is 2.75 bits per heavy atom. The van der Waals surface area contributed by atoms with Gasteiger partial charge >= 0.3 is 0 Å². The third-order valence-electron chi connectivity index (χ3n) is 5.25. The minimum atomic E-state index is -0.180. The zero-order valence-electron chi connectivity index (χ0n) is 14.7. The Morgan fingerprint density at radius 1 is 1.38 bits per heavy atom. The molecule has 0 spiro atoms. The predicted octanol–water partition coefficient (Wildman–Crippen LogP) is 2.49. The van der Waals surface area contributed by atoms with Gasteiger partial charge in [-0.2, -0.15) is 0 Å². The number of nitrogens with zero attached hydrogens (tertiary/aromatic N) is 3.